The maximum Gasteiger partial charge on any atom is 0.0382 e. The van der Waals surface area contributed by atoms with Gasteiger partial charge in [-0.05, 0) is 60.6 Å². The summed E-state index contributed by atoms with van der Waals surface area (Å²) in [5, 5.41) is 3.62. The molecule has 0 aliphatic carbocycles. The third-order valence-corrected chi connectivity index (χ3v) is 3.76. The summed E-state index contributed by atoms with van der Waals surface area (Å²) in [5.74, 6) is 0. The van der Waals surface area contributed by atoms with Crippen LogP contribution < -0.4 is 5.32 Å². The summed E-state index contributed by atoms with van der Waals surface area (Å²) in [5.41, 5.74) is 2.63. The minimum Gasteiger partial charge on any atom is -0.382 e. The number of hydrogen-bond donors (Lipinski definition) is 1. The largest absolute Gasteiger partial charge is 0.382 e. The van der Waals surface area contributed by atoms with Gasteiger partial charge in [0.15, 0.2) is 0 Å². The Bertz CT molecular complexity index is 336. The van der Waals surface area contributed by atoms with Crippen LogP contribution in [-0.4, -0.2) is 6.04 Å². The SMILES string of the molecule is CCCCCCC(C)Nc1cc(I)ccc1C. The van der Waals surface area contributed by atoms with Crippen molar-refractivity contribution in [2.75, 3.05) is 5.32 Å². The van der Waals surface area contributed by atoms with Gasteiger partial charge in [-0.2, -0.15) is 0 Å². The molecule has 1 rings (SSSR count). The summed E-state index contributed by atoms with van der Waals surface area (Å²) in [7, 11) is 0. The number of hydrogen-bond acceptors (Lipinski definition) is 1. The van der Waals surface area contributed by atoms with Crippen LogP contribution in [0.4, 0.5) is 5.69 Å². The van der Waals surface area contributed by atoms with E-state index in [1.165, 1.54) is 46.9 Å². The Balaban J connectivity index is 2.39. The lowest BCUT2D eigenvalue weighted by molar-refractivity contribution is 0.594. The van der Waals surface area contributed by atoms with Gasteiger partial charge in [-0.1, -0.05) is 38.7 Å². The molecular weight excluding hydrogens is 321 g/mol. The van der Waals surface area contributed by atoms with E-state index in [1.54, 1.807) is 0 Å². The van der Waals surface area contributed by atoms with Crippen molar-refractivity contribution in [2.45, 2.75) is 58.9 Å². The molecule has 0 heterocycles. The monoisotopic (exact) mass is 345 g/mol. The summed E-state index contributed by atoms with van der Waals surface area (Å²) in [6.45, 7) is 6.71. The van der Waals surface area contributed by atoms with Gasteiger partial charge >= 0.3 is 0 Å². The van der Waals surface area contributed by atoms with E-state index in [-0.39, 0.29) is 0 Å². The van der Waals surface area contributed by atoms with Crippen molar-refractivity contribution in [3.05, 3.63) is 27.3 Å². The molecule has 0 spiro atoms. The van der Waals surface area contributed by atoms with E-state index in [9.17, 15) is 0 Å². The Morgan fingerprint density at radius 1 is 1.24 bits per heavy atom. The smallest absolute Gasteiger partial charge is 0.0382 e. The predicted molar refractivity (Wildman–Crippen MR) is 85.7 cm³/mol. The number of rotatable bonds is 7. The lowest BCUT2D eigenvalue weighted by Gasteiger charge is -2.17. The normalized spacial score (nSPS) is 12.5. The zero-order chi connectivity index (χ0) is 12.7. The van der Waals surface area contributed by atoms with Crippen LogP contribution in [0.2, 0.25) is 0 Å². The van der Waals surface area contributed by atoms with E-state index in [0.29, 0.717) is 6.04 Å². The molecule has 2 heteroatoms. The molecule has 1 nitrogen and oxygen atoms in total. The molecule has 0 radical (unpaired) electrons. The van der Waals surface area contributed by atoms with E-state index in [4.69, 9.17) is 0 Å². The molecule has 0 saturated carbocycles. The van der Waals surface area contributed by atoms with Crippen LogP contribution in [0.3, 0.4) is 0 Å². The number of halogens is 1. The highest BCUT2D eigenvalue weighted by molar-refractivity contribution is 14.1. The predicted octanol–water partition coefficient (Wildman–Crippen LogP) is 5.37. The van der Waals surface area contributed by atoms with Gasteiger partial charge in [0.1, 0.15) is 0 Å². The van der Waals surface area contributed by atoms with Crippen LogP contribution in [0.15, 0.2) is 18.2 Å². The first kappa shape index (κ1) is 14.8. The zero-order valence-corrected chi connectivity index (χ0v) is 13.4. The molecule has 0 aromatic heterocycles. The van der Waals surface area contributed by atoms with Crippen LogP contribution in [0, 0.1) is 10.5 Å². The van der Waals surface area contributed by atoms with Crippen molar-refractivity contribution in [3.8, 4) is 0 Å². The van der Waals surface area contributed by atoms with Gasteiger partial charge in [0.05, 0.1) is 0 Å². The third-order valence-electron chi connectivity index (χ3n) is 3.09. The first-order chi connectivity index (χ1) is 8.13. The molecule has 17 heavy (non-hydrogen) atoms. The summed E-state index contributed by atoms with van der Waals surface area (Å²) in [6, 6.07) is 7.16. The first-order valence-electron chi connectivity index (χ1n) is 6.66. The number of benzene rings is 1. The van der Waals surface area contributed by atoms with E-state index in [1.807, 2.05) is 0 Å². The van der Waals surface area contributed by atoms with Crippen molar-refractivity contribution in [1.82, 2.24) is 0 Å². The highest BCUT2D eigenvalue weighted by Crippen LogP contribution is 2.20. The highest BCUT2D eigenvalue weighted by atomic mass is 127. The van der Waals surface area contributed by atoms with Crippen LogP contribution >= 0.6 is 22.6 Å². The van der Waals surface area contributed by atoms with Gasteiger partial charge in [-0.3, -0.25) is 0 Å². The zero-order valence-electron chi connectivity index (χ0n) is 11.2. The Morgan fingerprint density at radius 3 is 2.71 bits per heavy atom. The number of unbranched alkanes of at least 4 members (excludes halogenated alkanes) is 3. The average Bonchev–Trinajstić information content (AvgIpc) is 2.29. The van der Waals surface area contributed by atoms with Crippen molar-refractivity contribution >= 4 is 28.3 Å². The number of nitrogens with one attached hydrogen (secondary N) is 1. The van der Waals surface area contributed by atoms with E-state index < -0.39 is 0 Å². The van der Waals surface area contributed by atoms with Crippen molar-refractivity contribution in [3.63, 3.8) is 0 Å². The molecule has 1 atom stereocenters. The van der Waals surface area contributed by atoms with Gasteiger partial charge in [0.25, 0.3) is 0 Å². The Kier molecular flexibility index (Phi) is 6.93. The minimum absolute atomic E-state index is 0.573. The Labute approximate surface area is 120 Å². The molecule has 0 amide bonds. The third kappa shape index (κ3) is 5.75. The van der Waals surface area contributed by atoms with E-state index in [0.717, 1.165) is 0 Å². The van der Waals surface area contributed by atoms with Gasteiger partial charge in [-0.25, -0.2) is 0 Å². The van der Waals surface area contributed by atoms with Crippen molar-refractivity contribution in [1.29, 1.82) is 0 Å². The lowest BCUT2D eigenvalue weighted by atomic mass is 10.1. The molecule has 0 saturated heterocycles. The van der Waals surface area contributed by atoms with Gasteiger partial charge in [0, 0.05) is 15.3 Å². The van der Waals surface area contributed by atoms with Crippen molar-refractivity contribution in [2.24, 2.45) is 0 Å². The number of aryl methyl sites for hydroxylation is 1. The maximum atomic E-state index is 3.62. The Hall–Kier alpha value is -0.250. The molecule has 1 N–H and O–H groups in total. The minimum atomic E-state index is 0.573. The van der Waals surface area contributed by atoms with Gasteiger partial charge < -0.3 is 5.32 Å². The maximum absolute atomic E-state index is 3.62. The van der Waals surface area contributed by atoms with E-state index >= 15 is 0 Å². The second-order valence-electron chi connectivity index (χ2n) is 4.85. The van der Waals surface area contributed by atoms with Crippen LogP contribution in [0.5, 0.6) is 0 Å². The molecule has 1 aromatic rings. The molecular formula is C15H24IN. The lowest BCUT2D eigenvalue weighted by Crippen LogP contribution is -2.15. The number of anilines is 1. The summed E-state index contributed by atoms with van der Waals surface area (Å²) < 4.78 is 1.30. The topological polar surface area (TPSA) is 12.0 Å². The Morgan fingerprint density at radius 2 is 2.00 bits per heavy atom. The quantitative estimate of drug-likeness (QED) is 0.517. The molecule has 1 aromatic carbocycles. The fourth-order valence-corrected chi connectivity index (χ4v) is 2.46. The second kappa shape index (κ2) is 7.96. The highest BCUT2D eigenvalue weighted by Gasteiger charge is 2.04. The van der Waals surface area contributed by atoms with Crippen LogP contribution in [0.1, 0.15) is 51.5 Å². The van der Waals surface area contributed by atoms with Crippen LogP contribution in [-0.2, 0) is 0 Å². The molecule has 1 unspecified atom stereocenters. The fraction of sp³-hybridized carbons (Fsp3) is 0.600. The summed E-state index contributed by atoms with van der Waals surface area (Å²) >= 11 is 2.37. The van der Waals surface area contributed by atoms with Crippen molar-refractivity contribution < 1.29 is 0 Å². The molecule has 0 aliphatic heterocycles. The summed E-state index contributed by atoms with van der Waals surface area (Å²) in [4.78, 5) is 0. The molecule has 0 aliphatic rings. The van der Waals surface area contributed by atoms with E-state index in [2.05, 4.69) is 66.9 Å². The standard InChI is InChI=1S/C15H24IN/c1-4-5-6-7-8-13(3)17-15-11-14(16)10-9-12(15)2/h9-11,13,17H,4-8H2,1-3H3. The van der Waals surface area contributed by atoms with Gasteiger partial charge in [0.2, 0.25) is 0 Å². The first-order valence-corrected chi connectivity index (χ1v) is 7.74. The molecule has 0 bridgehead atoms. The van der Waals surface area contributed by atoms with Gasteiger partial charge in [-0.15, -0.1) is 0 Å². The summed E-state index contributed by atoms with van der Waals surface area (Å²) in [6.07, 6.45) is 6.66. The molecule has 0 fully saturated rings. The fourth-order valence-electron chi connectivity index (χ4n) is 1.96. The molecule has 96 valence electrons. The second-order valence-corrected chi connectivity index (χ2v) is 6.10. The van der Waals surface area contributed by atoms with Crippen LogP contribution in [0.25, 0.3) is 0 Å². The average molecular weight is 345 g/mol.